The number of amides is 3. The first-order valence-electron chi connectivity index (χ1n) is 11.4. The van der Waals surface area contributed by atoms with Crippen molar-refractivity contribution in [2.45, 2.75) is 37.5 Å². The number of amidine groups is 1. The third-order valence-corrected chi connectivity index (χ3v) is 6.94. The van der Waals surface area contributed by atoms with Crippen LogP contribution in [0, 0.1) is 0 Å². The Morgan fingerprint density at radius 1 is 1.12 bits per heavy atom. The minimum absolute atomic E-state index is 0.0383. The van der Waals surface area contributed by atoms with E-state index in [2.05, 4.69) is 20.5 Å². The molecule has 2 N–H and O–H groups in total. The summed E-state index contributed by atoms with van der Waals surface area (Å²) in [6.07, 6.45) is 3.44. The minimum atomic E-state index is -0.508. The van der Waals surface area contributed by atoms with Crippen LogP contribution in [0.4, 0.5) is 5.69 Å². The number of nitrogens with one attached hydrogen (secondary N) is 2. The van der Waals surface area contributed by atoms with E-state index < -0.39 is 5.25 Å². The number of aliphatic imine (C=N–C) groups is 1. The number of thioether (sulfide) groups is 1. The van der Waals surface area contributed by atoms with E-state index in [1.165, 1.54) is 18.2 Å². The number of methoxy groups -OCH3 is 1. The first kappa shape index (κ1) is 23.8. The number of ether oxygens (including phenoxy) is 1. The van der Waals surface area contributed by atoms with Crippen LogP contribution in [0.25, 0.3) is 0 Å². The van der Waals surface area contributed by atoms with E-state index in [0.29, 0.717) is 17.8 Å². The molecule has 2 aromatic rings. The van der Waals surface area contributed by atoms with Crippen molar-refractivity contribution in [1.29, 1.82) is 0 Å². The Kier molecular flexibility index (Phi) is 7.84. The molecule has 1 fully saturated rings. The molecule has 2 aliphatic rings. The SMILES string of the molecule is COc1cccc(CNC(=O)c2cccc(NC(=O)C[C@@H]3SC(N4CCCCC4)=NC3=O)c2)c1. The molecule has 0 unspecified atom stereocenters. The quantitative estimate of drug-likeness (QED) is 0.630. The summed E-state index contributed by atoms with van der Waals surface area (Å²) in [5, 5.41) is 5.90. The van der Waals surface area contributed by atoms with Crippen LogP contribution in [0.2, 0.25) is 0 Å². The number of nitrogens with zero attached hydrogens (tertiary/aromatic N) is 2. The molecule has 34 heavy (non-hydrogen) atoms. The Balaban J connectivity index is 1.29. The molecule has 4 rings (SSSR count). The largest absolute Gasteiger partial charge is 0.497 e. The highest BCUT2D eigenvalue weighted by molar-refractivity contribution is 8.15. The molecule has 178 valence electrons. The molecule has 0 saturated carbocycles. The maximum atomic E-state index is 12.6. The number of carbonyl (C=O) groups excluding carboxylic acids is 3. The van der Waals surface area contributed by atoms with Crippen LogP contribution in [-0.4, -0.2) is 53.2 Å². The van der Waals surface area contributed by atoms with Crippen LogP contribution in [-0.2, 0) is 16.1 Å². The molecule has 8 nitrogen and oxygen atoms in total. The predicted molar refractivity (Wildman–Crippen MR) is 133 cm³/mol. The highest BCUT2D eigenvalue weighted by Crippen LogP contribution is 2.29. The van der Waals surface area contributed by atoms with Crippen molar-refractivity contribution >= 4 is 40.3 Å². The molecule has 2 aromatic carbocycles. The maximum Gasteiger partial charge on any atom is 0.262 e. The van der Waals surface area contributed by atoms with Crippen molar-refractivity contribution < 1.29 is 19.1 Å². The van der Waals surface area contributed by atoms with Crippen molar-refractivity contribution in [2.75, 3.05) is 25.5 Å². The monoisotopic (exact) mass is 480 g/mol. The summed E-state index contributed by atoms with van der Waals surface area (Å²) in [6, 6.07) is 14.2. The highest BCUT2D eigenvalue weighted by Gasteiger charge is 2.33. The van der Waals surface area contributed by atoms with Gasteiger partial charge < -0.3 is 20.3 Å². The van der Waals surface area contributed by atoms with Gasteiger partial charge in [-0.3, -0.25) is 14.4 Å². The first-order chi connectivity index (χ1) is 16.5. The predicted octanol–water partition coefficient (Wildman–Crippen LogP) is 3.44. The molecule has 0 aliphatic carbocycles. The average Bonchev–Trinajstić information content (AvgIpc) is 3.23. The second-order valence-electron chi connectivity index (χ2n) is 8.25. The molecular weight excluding hydrogens is 452 g/mol. The normalized spacial score (nSPS) is 17.8. The fourth-order valence-corrected chi connectivity index (χ4v) is 5.03. The van der Waals surface area contributed by atoms with E-state index in [4.69, 9.17) is 4.74 Å². The average molecular weight is 481 g/mol. The van der Waals surface area contributed by atoms with Gasteiger partial charge in [-0.25, -0.2) is 0 Å². The second-order valence-corrected chi connectivity index (χ2v) is 9.42. The zero-order valence-electron chi connectivity index (χ0n) is 19.1. The third-order valence-electron chi connectivity index (χ3n) is 5.72. The Hall–Kier alpha value is -3.33. The standard InChI is InChI=1S/C25H28N4O4S/c1-33-20-10-5-7-17(13-20)16-26-23(31)18-8-6-9-19(14-18)27-22(30)15-21-24(32)28-25(34-21)29-11-3-2-4-12-29/h5-10,13-14,21H,2-4,11-12,15-16H2,1H3,(H,26,31)(H,27,30)/t21-/m0/s1. The number of benzene rings is 2. The molecule has 1 atom stereocenters. The molecular formula is C25H28N4O4S. The van der Waals surface area contributed by atoms with Crippen LogP contribution in [0.15, 0.2) is 53.5 Å². The van der Waals surface area contributed by atoms with Gasteiger partial charge in [0.2, 0.25) is 5.91 Å². The summed E-state index contributed by atoms with van der Waals surface area (Å²) in [4.78, 5) is 43.8. The van der Waals surface area contributed by atoms with Crippen molar-refractivity contribution in [1.82, 2.24) is 10.2 Å². The van der Waals surface area contributed by atoms with Crippen molar-refractivity contribution in [3.63, 3.8) is 0 Å². The molecule has 9 heteroatoms. The summed E-state index contributed by atoms with van der Waals surface area (Å²) in [5.74, 6) is -0.0647. The lowest BCUT2D eigenvalue weighted by atomic mass is 10.1. The van der Waals surface area contributed by atoms with Crippen LogP contribution >= 0.6 is 11.8 Å². The van der Waals surface area contributed by atoms with Crippen LogP contribution in [0.3, 0.4) is 0 Å². The van der Waals surface area contributed by atoms with Gasteiger partial charge in [-0.2, -0.15) is 4.99 Å². The zero-order valence-corrected chi connectivity index (χ0v) is 19.9. The number of hydrogen-bond acceptors (Lipinski definition) is 6. The van der Waals surface area contributed by atoms with Gasteiger partial charge in [0.15, 0.2) is 5.17 Å². The lowest BCUT2D eigenvalue weighted by molar-refractivity contribution is -0.121. The molecule has 2 heterocycles. The number of hydrogen-bond donors (Lipinski definition) is 2. The van der Waals surface area contributed by atoms with Gasteiger partial charge in [-0.1, -0.05) is 30.0 Å². The lowest BCUT2D eigenvalue weighted by Gasteiger charge is -2.27. The Bertz CT molecular complexity index is 1100. The minimum Gasteiger partial charge on any atom is -0.497 e. The third kappa shape index (κ3) is 6.17. The van der Waals surface area contributed by atoms with Gasteiger partial charge in [-0.05, 0) is 55.2 Å². The topological polar surface area (TPSA) is 100 Å². The van der Waals surface area contributed by atoms with Gasteiger partial charge in [0, 0.05) is 37.3 Å². The molecule has 0 bridgehead atoms. The smallest absolute Gasteiger partial charge is 0.262 e. The van der Waals surface area contributed by atoms with E-state index in [1.54, 1.807) is 31.4 Å². The van der Waals surface area contributed by atoms with E-state index in [-0.39, 0.29) is 24.1 Å². The van der Waals surface area contributed by atoms with Crippen LogP contribution in [0.1, 0.15) is 41.6 Å². The number of piperidine rings is 1. The van der Waals surface area contributed by atoms with Gasteiger partial charge in [-0.15, -0.1) is 0 Å². The summed E-state index contributed by atoms with van der Waals surface area (Å²) >= 11 is 1.37. The lowest BCUT2D eigenvalue weighted by Crippen LogP contribution is -2.33. The Morgan fingerprint density at radius 3 is 2.71 bits per heavy atom. The molecule has 2 aliphatic heterocycles. The zero-order chi connectivity index (χ0) is 23.9. The number of anilines is 1. The Morgan fingerprint density at radius 2 is 1.91 bits per heavy atom. The van der Waals surface area contributed by atoms with Crippen molar-refractivity contribution in [2.24, 2.45) is 4.99 Å². The summed E-state index contributed by atoms with van der Waals surface area (Å²) in [6.45, 7) is 2.17. The molecule has 0 spiro atoms. The molecule has 0 aromatic heterocycles. The van der Waals surface area contributed by atoms with Crippen LogP contribution < -0.4 is 15.4 Å². The second kappa shape index (κ2) is 11.2. The summed E-state index contributed by atoms with van der Waals surface area (Å²) < 4.78 is 5.20. The molecule has 3 amide bonds. The first-order valence-corrected chi connectivity index (χ1v) is 12.2. The van der Waals surface area contributed by atoms with Crippen molar-refractivity contribution in [3.8, 4) is 5.75 Å². The Labute approximate surface area is 203 Å². The van der Waals surface area contributed by atoms with Crippen LogP contribution in [0.5, 0.6) is 5.75 Å². The summed E-state index contributed by atoms with van der Waals surface area (Å²) in [7, 11) is 1.60. The fourth-order valence-electron chi connectivity index (χ4n) is 3.92. The number of carbonyl (C=O) groups is 3. The fraction of sp³-hybridized carbons (Fsp3) is 0.360. The molecule has 0 radical (unpaired) electrons. The molecule has 1 saturated heterocycles. The van der Waals surface area contributed by atoms with Gasteiger partial charge in [0.1, 0.15) is 11.0 Å². The van der Waals surface area contributed by atoms with Gasteiger partial charge >= 0.3 is 0 Å². The van der Waals surface area contributed by atoms with Gasteiger partial charge in [0.05, 0.1) is 7.11 Å². The van der Waals surface area contributed by atoms with E-state index in [9.17, 15) is 14.4 Å². The highest BCUT2D eigenvalue weighted by atomic mass is 32.2. The van der Waals surface area contributed by atoms with Crippen molar-refractivity contribution in [3.05, 3.63) is 59.7 Å². The number of likely N-dealkylation sites (tertiary alicyclic amines) is 1. The van der Waals surface area contributed by atoms with Gasteiger partial charge in [0.25, 0.3) is 11.8 Å². The maximum absolute atomic E-state index is 12.6. The summed E-state index contributed by atoms with van der Waals surface area (Å²) in [5.41, 5.74) is 1.86. The van der Waals surface area contributed by atoms with E-state index in [0.717, 1.165) is 42.4 Å². The van der Waals surface area contributed by atoms with E-state index >= 15 is 0 Å². The van der Waals surface area contributed by atoms with E-state index in [1.807, 2.05) is 24.3 Å². The number of rotatable bonds is 7.